The summed E-state index contributed by atoms with van der Waals surface area (Å²) in [5.74, 6) is 1.78. The summed E-state index contributed by atoms with van der Waals surface area (Å²) in [5.41, 5.74) is 13.3. The number of hydrogen-bond donors (Lipinski definition) is 3. The van der Waals surface area contributed by atoms with E-state index in [9.17, 15) is 0 Å². The third kappa shape index (κ3) is 5.59. The van der Waals surface area contributed by atoms with Crippen LogP contribution in [-0.2, 0) is 0 Å². The highest BCUT2D eigenvalue weighted by Crippen LogP contribution is 2.46. The van der Waals surface area contributed by atoms with E-state index in [0.717, 1.165) is 66.1 Å². The lowest BCUT2D eigenvalue weighted by Gasteiger charge is -2.27. The highest BCUT2D eigenvalue weighted by molar-refractivity contribution is 7.99. The standard InChI is InChI=1S/C20H27N3O.C12H10N2S/c1-5-22(6-2)15-9-11-17-19(13-15)24-20-14-16(23(7-3)8-4)10-12-18(20)21-17;13-8-4-3-7-11-12(8)14-9-5-1-2-6-10(9)15-11/h9-14,21H,5-8H2,1-4H3;1-7,14H,13H2. The molecule has 0 amide bonds. The van der Waals surface area contributed by atoms with Gasteiger partial charge in [0.15, 0.2) is 11.5 Å². The molecule has 0 bridgehead atoms. The maximum atomic E-state index is 6.22. The Morgan fingerprint density at radius 2 is 1.21 bits per heavy atom. The highest BCUT2D eigenvalue weighted by Gasteiger charge is 2.19. The van der Waals surface area contributed by atoms with Crippen molar-refractivity contribution in [3.8, 4) is 11.5 Å². The molecule has 0 aliphatic carbocycles. The van der Waals surface area contributed by atoms with Gasteiger partial charge in [-0.25, -0.2) is 0 Å². The Kier molecular flexibility index (Phi) is 8.07. The molecule has 0 saturated carbocycles. The van der Waals surface area contributed by atoms with Gasteiger partial charge in [0, 0.05) is 59.5 Å². The number of para-hydroxylation sites is 2. The van der Waals surface area contributed by atoms with Crippen LogP contribution < -0.4 is 30.9 Å². The molecule has 4 N–H and O–H groups in total. The number of benzene rings is 4. The molecule has 2 aliphatic heterocycles. The molecule has 0 spiro atoms. The smallest absolute Gasteiger partial charge is 0.153 e. The number of fused-ring (bicyclic) bond motifs is 4. The van der Waals surface area contributed by atoms with Crippen molar-refractivity contribution in [2.75, 3.05) is 52.3 Å². The molecular formula is C32H37N5OS. The molecule has 2 aliphatic rings. The molecule has 7 heteroatoms. The molecule has 0 fully saturated rings. The summed E-state index contributed by atoms with van der Waals surface area (Å²) < 4.78 is 6.22. The van der Waals surface area contributed by atoms with E-state index < -0.39 is 0 Å². The number of nitrogens with one attached hydrogen (secondary N) is 2. The normalized spacial score (nSPS) is 12.1. The third-order valence-corrected chi connectivity index (χ3v) is 8.24. The van der Waals surface area contributed by atoms with E-state index in [0.29, 0.717) is 0 Å². The zero-order valence-corrected chi connectivity index (χ0v) is 23.9. The monoisotopic (exact) mass is 539 g/mol. The van der Waals surface area contributed by atoms with Gasteiger partial charge in [-0.15, -0.1) is 0 Å². The van der Waals surface area contributed by atoms with Gasteiger partial charge in [0.05, 0.1) is 28.4 Å². The second-order valence-electron chi connectivity index (χ2n) is 9.38. The third-order valence-electron chi connectivity index (χ3n) is 7.10. The molecule has 0 unspecified atom stereocenters. The number of nitrogens with zero attached hydrogens (tertiary/aromatic N) is 2. The molecule has 0 radical (unpaired) electrons. The van der Waals surface area contributed by atoms with E-state index in [-0.39, 0.29) is 0 Å². The molecule has 4 aromatic carbocycles. The fourth-order valence-electron chi connectivity index (χ4n) is 4.91. The minimum Gasteiger partial charge on any atom is -0.453 e. The van der Waals surface area contributed by atoms with Crippen LogP contribution in [0.4, 0.5) is 39.8 Å². The van der Waals surface area contributed by atoms with E-state index in [2.05, 4.69) is 103 Å². The summed E-state index contributed by atoms with van der Waals surface area (Å²) in [6, 6.07) is 27.0. The van der Waals surface area contributed by atoms with Crippen LogP contribution in [0.15, 0.2) is 88.7 Å². The Hall–Kier alpha value is -3.97. The van der Waals surface area contributed by atoms with E-state index in [1.165, 1.54) is 21.2 Å². The van der Waals surface area contributed by atoms with Gasteiger partial charge in [-0.3, -0.25) is 0 Å². The van der Waals surface area contributed by atoms with Crippen LogP contribution in [0.25, 0.3) is 0 Å². The number of anilines is 7. The molecule has 6 nitrogen and oxygen atoms in total. The second kappa shape index (κ2) is 11.8. The van der Waals surface area contributed by atoms with Crippen molar-refractivity contribution in [2.45, 2.75) is 37.5 Å². The van der Waals surface area contributed by atoms with Gasteiger partial charge < -0.3 is 30.9 Å². The Balaban J connectivity index is 0.000000175. The molecule has 2 heterocycles. The molecule has 202 valence electrons. The molecule has 39 heavy (non-hydrogen) atoms. The largest absolute Gasteiger partial charge is 0.453 e. The lowest BCUT2D eigenvalue weighted by Crippen LogP contribution is -2.22. The predicted molar refractivity (Wildman–Crippen MR) is 168 cm³/mol. The van der Waals surface area contributed by atoms with Gasteiger partial charge in [0.25, 0.3) is 0 Å². The topological polar surface area (TPSA) is 65.8 Å². The van der Waals surface area contributed by atoms with Crippen LogP contribution in [0.2, 0.25) is 0 Å². The average molecular weight is 540 g/mol. The lowest BCUT2D eigenvalue weighted by atomic mass is 10.1. The number of hydrogen-bond acceptors (Lipinski definition) is 7. The second-order valence-corrected chi connectivity index (χ2v) is 10.5. The molecular weight excluding hydrogens is 502 g/mol. The Morgan fingerprint density at radius 3 is 1.79 bits per heavy atom. The first-order valence-electron chi connectivity index (χ1n) is 13.7. The highest BCUT2D eigenvalue weighted by atomic mass is 32.2. The summed E-state index contributed by atoms with van der Waals surface area (Å²) >= 11 is 1.75. The number of nitrogen functional groups attached to an aromatic ring is 1. The van der Waals surface area contributed by atoms with Crippen LogP contribution in [0.5, 0.6) is 11.5 Å². The maximum absolute atomic E-state index is 6.22. The van der Waals surface area contributed by atoms with E-state index in [1.807, 2.05) is 24.3 Å². The molecule has 0 atom stereocenters. The van der Waals surface area contributed by atoms with Crippen LogP contribution in [0, 0.1) is 0 Å². The van der Waals surface area contributed by atoms with Gasteiger partial charge in [0.1, 0.15) is 0 Å². The van der Waals surface area contributed by atoms with Crippen LogP contribution >= 0.6 is 11.8 Å². The van der Waals surface area contributed by atoms with Crippen molar-refractivity contribution in [1.29, 1.82) is 0 Å². The average Bonchev–Trinajstić information content (AvgIpc) is 2.97. The first-order valence-corrected chi connectivity index (χ1v) is 14.5. The van der Waals surface area contributed by atoms with Crippen molar-refractivity contribution in [3.63, 3.8) is 0 Å². The van der Waals surface area contributed by atoms with Crippen LogP contribution in [-0.4, -0.2) is 26.2 Å². The fraction of sp³-hybridized carbons (Fsp3) is 0.250. The van der Waals surface area contributed by atoms with E-state index in [4.69, 9.17) is 10.5 Å². The Labute approximate surface area is 236 Å². The zero-order chi connectivity index (χ0) is 27.4. The quantitative estimate of drug-likeness (QED) is 0.183. The molecule has 0 aromatic heterocycles. The number of nitrogens with two attached hydrogens (primary N) is 1. The van der Waals surface area contributed by atoms with Crippen molar-refractivity contribution in [3.05, 3.63) is 78.9 Å². The SMILES string of the molecule is CCN(CC)c1ccc2c(c1)Oc1cc(N(CC)CC)ccc1N2.Nc1cccc2c1Nc1ccccc1S2. The lowest BCUT2D eigenvalue weighted by molar-refractivity contribution is 0.481. The van der Waals surface area contributed by atoms with Gasteiger partial charge in [-0.2, -0.15) is 0 Å². The van der Waals surface area contributed by atoms with Crippen LogP contribution in [0.3, 0.4) is 0 Å². The van der Waals surface area contributed by atoms with Gasteiger partial charge in [-0.1, -0.05) is 30.0 Å². The van der Waals surface area contributed by atoms with Crippen molar-refractivity contribution in [2.24, 2.45) is 0 Å². The number of rotatable bonds is 6. The first-order chi connectivity index (χ1) is 19.0. The maximum Gasteiger partial charge on any atom is 0.153 e. The van der Waals surface area contributed by atoms with E-state index in [1.54, 1.807) is 11.8 Å². The minimum atomic E-state index is 0.800. The van der Waals surface area contributed by atoms with Crippen LogP contribution in [0.1, 0.15) is 27.7 Å². The molecule has 0 saturated heterocycles. The molecule has 6 rings (SSSR count). The van der Waals surface area contributed by atoms with Crippen molar-refractivity contribution < 1.29 is 4.74 Å². The summed E-state index contributed by atoms with van der Waals surface area (Å²) in [6.07, 6.45) is 0. The summed E-state index contributed by atoms with van der Waals surface area (Å²) in [7, 11) is 0. The van der Waals surface area contributed by atoms with Crippen molar-refractivity contribution >= 4 is 51.6 Å². The zero-order valence-electron chi connectivity index (χ0n) is 23.1. The Morgan fingerprint density at radius 1 is 0.641 bits per heavy atom. The minimum absolute atomic E-state index is 0.800. The fourth-order valence-corrected chi connectivity index (χ4v) is 5.94. The van der Waals surface area contributed by atoms with Gasteiger partial charge >= 0.3 is 0 Å². The Bertz CT molecular complexity index is 1390. The summed E-state index contributed by atoms with van der Waals surface area (Å²) in [6.45, 7) is 12.7. The first kappa shape index (κ1) is 26.6. The van der Waals surface area contributed by atoms with Crippen molar-refractivity contribution in [1.82, 2.24) is 0 Å². The van der Waals surface area contributed by atoms with Gasteiger partial charge in [-0.05, 0) is 76.2 Å². The predicted octanol–water partition coefficient (Wildman–Crippen LogP) is 8.71. The number of ether oxygens (including phenoxy) is 1. The summed E-state index contributed by atoms with van der Waals surface area (Å²) in [4.78, 5) is 7.08. The van der Waals surface area contributed by atoms with Gasteiger partial charge in [0.2, 0.25) is 0 Å². The van der Waals surface area contributed by atoms with E-state index >= 15 is 0 Å². The molecule has 4 aromatic rings. The summed E-state index contributed by atoms with van der Waals surface area (Å²) in [5, 5.41) is 6.85.